The average molecular weight is 438 g/mol. The van der Waals surface area contributed by atoms with E-state index in [0.29, 0.717) is 12.0 Å². The van der Waals surface area contributed by atoms with Gasteiger partial charge in [0.15, 0.2) is 0 Å². The fourth-order valence-electron chi connectivity index (χ4n) is 5.82. The maximum absolute atomic E-state index is 13.0. The number of aromatic nitrogens is 2. The van der Waals surface area contributed by atoms with E-state index in [0.717, 1.165) is 81.7 Å². The fraction of sp³-hybridized carbons (Fsp3) is 0.640. The SMILES string of the molecule is CC(=O)N1CCCC(CN2CCN(c3ccc4c(=O)n(C5CCCC5)cnc4c3)CC2)C1. The number of nitrogens with zero attached hydrogens (tertiary/aromatic N) is 5. The van der Waals surface area contributed by atoms with Crippen molar-refractivity contribution in [2.75, 3.05) is 50.7 Å². The van der Waals surface area contributed by atoms with Gasteiger partial charge < -0.3 is 9.80 Å². The Morgan fingerprint density at radius 2 is 1.81 bits per heavy atom. The molecule has 172 valence electrons. The summed E-state index contributed by atoms with van der Waals surface area (Å²) in [5.41, 5.74) is 2.06. The average Bonchev–Trinajstić information content (AvgIpc) is 3.34. The second-order valence-electron chi connectivity index (χ2n) is 9.86. The topological polar surface area (TPSA) is 61.7 Å². The first-order valence-corrected chi connectivity index (χ1v) is 12.3. The molecule has 1 atom stereocenters. The van der Waals surface area contributed by atoms with Crippen LogP contribution in [0.25, 0.3) is 10.9 Å². The molecule has 0 spiro atoms. The largest absolute Gasteiger partial charge is 0.369 e. The molecule has 1 amide bonds. The van der Waals surface area contributed by atoms with Gasteiger partial charge in [0, 0.05) is 64.5 Å². The zero-order valence-electron chi connectivity index (χ0n) is 19.2. The van der Waals surface area contributed by atoms with Crippen LogP contribution in [-0.2, 0) is 4.79 Å². The van der Waals surface area contributed by atoms with Crippen LogP contribution in [0.1, 0.15) is 51.5 Å². The lowest BCUT2D eigenvalue weighted by molar-refractivity contribution is -0.130. The Balaban J connectivity index is 1.21. The summed E-state index contributed by atoms with van der Waals surface area (Å²) < 4.78 is 1.85. The van der Waals surface area contributed by atoms with E-state index in [1.54, 1.807) is 13.3 Å². The van der Waals surface area contributed by atoms with Crippen LogP contribution in [0.3, 0.4) is 0 Å². The molecule has 0 bridgehead atoms. The maximum Gasteiger partial charge on any atom is 0.261 e. The van der Waals surface area contributed by atoms with Gasteiger partial charge in [0.1, 0.15) is 0 Å². The van der Waals surface area contributed by atoms with Crippen LogP contribution in [0.4, 0.5) is 5.69 Å². The van der Waals surface area contributed by atoms with E-state index in [2.05, 4.69) is 26.9 Å². The Hall–Kier alpha value is -2.41. The Morgan fingerprint density at radius 3 is 2.56 bits per heavy atom. The highest BCUT2D eigenvalue weighted by Gasteiger charge is 2.26. The highest BCUT2D eigenvalue weighted by Crippen LogP contribution is 2.29. The zero-order valence-corrected chi connectivity index (χ0v) is 19.2. The van der Waals surface area contributed by atoms with Gasteiger partial charge in [-0.25, -0.2) is 4.98 Å². The van der Waals surface area contributed by atoms with Crippen LogP contribution in [-0.4, -0.2) is 71.1 Å². The molecule has 1 aliphatic carbocycles. The molecule has 7 nitrogen and oxygen atoms in total. The summed E-state index contributed by atoms with van der Waals surface area (Å²) in [5.74, 6) is 0.797. The maximum atomic E-state index is 13.0. The predicted octanol–water partition coefficient (Wildman–Crippen LogP) is 2.89. The van der Waals surface area contributed by atoms with Gasteiger partial charge in [-0.1, -0.05) is 12.8 Å². The summed E-state index contributed by atoms with van der Waals surface area (Å²) in [6.45, 7) is 8.62. The summed E-state index contributed by atoms with van der Waals surface area (Å²) in [6.07, 6.45) is 8.68. The number of amides is 1. The monoisotopic (exact) mass is 437 g/mol. The molecule has 0 N–H and O–H groups in total. The molecule has 5 rings (SSSR count). The van der Waals surface area contributed by atoms with E-state index in [-0.39, 0.29) is 11.5 Å². The van der Waals surface area contributed by atoms with Gasteiger partial charge in [-0.15, -0.1) is 0 Å². The smallest absolute Gasteiger partial charge is 0.261 e. The lowest BCUT2D eigenvalue weighted by atomic mass is 9.97. The third-order valence-corrected chi connectivity index (χ3v) is 7.70. The number of fused-ring (bicyclic) bond motifs is 1. The van der Waals surface area contributed by atoms with Crippen molar-refractivity contribution in [2.24, 2.45) is 5.92 Å². The molecular weight excluding hydrogens is 402 g/mol. The molecule has 1 aromatic carbocycles. The molecule has 3 fully saturated rings. The van der Waals surface area contributed by atoms with E-state index in [1.807, 2.05) is 15.5 Å². The van der Waals surface area contributed by atoms with Crippen molar-refractivity contribution in [1.82, 2.24) is 19.4 Å². The molecule has 2 aromatic rings. The number of rotatable bonds is 4. The number of hydrogen-bond acceptors (Lipinski definition) is 5. The number of benzene rings is 1. The van der Waals surface area contributed by atoms with Crippen LogP contribution >= 0.6 is 0 Å². The lowest BCUT2D eigenvalue weighted by Gasteiger charge is -2.40. The quantitative estimate of drug-likeness (QED) is 0.736. The Kier molecular flexibility index (Phi) is 6.17. The summed E-state index contributed by atoms with van der Waals surface area (Å²) >= 11 is 0. The molecule has 1 unspecified atom stereocenters. The lowest BCUT2D eigenvalue weighted by Crippen LogP contribution is -2.50. The van der Waals surface area contributed by atoms with Gasteiger partial charge in [-0.2, -0.15) is 0 Å². The second kappa shape index (κ2) is 9.22. The van der Waals surface area contributed by atoms with Crippen LogP contribution in [0, 0.1) is 5.92 Å². The molecule has 32 heavy (non-hydrogen) atoms. The number of piperazine rings is 1. The number of anilines is 1. The third kappa shape index (κ3) is 4.40. The number of carbonyl (C=O) groups excluding carboxylic acids is 1. The van der Waals surface area contributed by atoms with Gasteiger partial charge in [-0.3, -0.25) is 19.1 Å². The van der Waals surface area contributed by atoms with E-state index < -0.39 is 0 Å². The Morgan fingerprint density at radius 1 is 1.03 bits per heavy atom. The molecule has 1 saturated carbocycles. The van der Waals surface area contributed by atoms with Crippen molar-refractivity contribution in [1.29, 1.82) is 0 Å². The van der Waals surface area contributed by atoms with Crippen LogP contribution < -0.4 is 10.5 Å². The molecule has 3 aliphatic rings. The first kappa shape index (κ1) is 21.4. The van der Waals surface area contributed by atoms with Crippen molar-refractivity contribution < 1.29 is 4.79 Å². The fourth-order valence-corrected chi connectivity index (χ4v) is 5.82. The molecular formula is C25H35N5O2. The molecule has 7 heteroatoms. The summed E-state index contributed by atoms with van der Waals surface area (Å²) in [5, 5.41) is 0.731. The van der Waals surface area contributed by atoms with E-state index in [1.165, 1.54) is 19.3 Å². The molecule has 0 radical (unpaired) electrons. The molecule has 3 heterocycles. The van der Waals surface area contributed by atoms with Gasteiger partial charge in [0.25, 0.3) is 5.56 Å². The number of likely N-dealkylation sites (tertiary alicyclic amines) is 1. The van der Waals surface area contributed by atoms with E-state index >= 15 is 0 Å². The summed E-state index contributed by atoms with van der Waals surface area (Å²) in [7, 11) is 0. The van der Waals surface area contributed by atoms with Gasteiger partial charge in [0.2, 0.25) is 5.91 Å². The highest BCUT2D eigenvalue weighted by atomic mass is 16.2. The minimum Gasteiger partial charge on any atom is -0.369 e. The first-order valence-electron chi connectivity index (χ1n) is 12.3. The van der Waals surface area contributed by atoms with Gasteiger partial charge >= 0.3 is 0 Å². The van der Waals surface area contributed by atoms with E-state index in [4.69, 9.17) is 0 Å². The van der Waals surface area contributed by atoms with Crippen molar-refractivity contribution in [3.8, 4) is 0 Å². The summed E-state index contributed by atoms with van der Waals surface area (Å²) in [4.78, 5) is 36.3. The van der Waals surface area contributed by atoms with Crippen molar-refractivity contribution in [3.05, 3.63) is 34.9 Å². The number of carbonyl (C=O) groups is 1. The van der Waals surface area contributed by atoms with Crippen molar-refractivity contribution in [2.45, 2.75) is 51.5 Å². The zero-order chi connectivity index (χ0) is 22.1. The molecule has 2 aliphatic heterocycles. The normalized spacial score (nSPS) is 23.2. The van der Waals surface area contributed by atoms with Crippen LogP contribution in [0.5, 0.6) is 0 Å². The second-order valence-corrected chi connectivity index (χ2v) is 9.86. The molecule has 2 saturated heterocycles. The molecule has 1 aromatic heterocycles. The number of piperidine rings is 1. The minimum atomic E-state index is 0.102. The third-order valence-electron chi connectivity index (χ3n) is 7.70. The highest BCUT2D eigenvalue weighted by molar-refractivity contribution is 5.81. The van der Waals surface area contributed by atoms with Crippen molar-refractivity contribution in [3.63, 3.8) is 0 Å². The van der Waals surface area contributed by atoms with Crippen molar-refractivity contribution >= 4 is 22.5 Å². The Bertz CT molecular complexity index is 1020. The van der Waals surface area contributed by atoms with E-state index in [9.17, 15) is 9.59 Å². The minimum absolute atomic E-state index is 0.102. The standard InChI is InChI=1S/C25H35N5O2/c1-19(31)29-10-4-5-20(17-29)16-27-11-13-28(14-12-27)22-8-9-23-24(15-22)26-18-30(25(23)32)21-6-2-3-7-21/h8-9,15,18,20-21H,2-7,10-14,16-17H2,1H3. The number of hydrogen-bond donors (Lipinski definition) is 0. The van der Waals surface area contributed by atoms with Crippen LogP contribution in [0.15, 0.2) is 29.3 Å². The van der Waals surface area contributed by atoms with Gasteiger partial charge in [-0.05, 0) is 49.8 Å². The first-order chi connectivity index (χ1) is 15.6. The Labute approximate surface area is 190 Å². The summed E-state index contributed by atoms with van der Waals surface area (Å²) in [6, 6.07) is 6.46. The van der Waals surface area contributed by atoms with Crippen LogP contribution in [0.2, 0.25) is 0 Å². The van der Waals surface area contributed by atoms with Gasteiger partial charge in [0.05, 0.1) is 17.2 Å². The predicted molar refractivity (Wildman–Crippen MR) is 127 cm³/mol.